The molecule has 2 heteroatoms. The molecule has 1 nitrogen and oxygen atoms in total. The lowest BCUT2D eigenvalue weighted by Gasteiger charge is -2.15. The third kappa shape index (κ3) is 2.74. The first-order chi connectivity index (χ1) is 8.59. The van der Waals surface area contributed by atoms with Crippen molar-refractivity contribution in [2.45, 2.75) is 25.8 Å². The molecule has 0 aliphatic rings. The van der Waals surface area contributed by atoms with Crippen molar-refractivity contribution in [3.8, 4) is 0 Å². The van der Waals surface area contributed by atoms with Crippen LogP contribution < -0.4 is 5.73 Å². The standard InChI is InChI=1S/C16H18ClN/c1-11(2)12-7-9-13(10-8-12)16(18)14-5-3-4-6-15(14)17/h3-11,16H,18H2,1-2H3. The first-order valence-corrected chi connectivity index (χ1v) is 6.57. The molecule has 2 rings (SSSR count). The Morgan fingerprint density at radius 1 is 0.889 bits per heavy atom. The summed E-state index contributed by atoms with van der Waals surface area (Å²) in [5.41, 5.74) is 9.64. The van der Waals surface area contributed by atoms with Crippen molar-refractivity contribution in [3.63, 3.8) is 0 Å². The molecule has 18 heavy (non-hydrogen) atoms. The number of nitrogens with two attached hydrogens (primary N) is 1. The van der Waals surface area contributed by atoms with Crippen molar-refractivity contribution in [1.82, 2.24) is 0 Å². The molecule has 94 valence electrons. The van der Waals surface area contributed by atoms with Crippen LogP contribution >= 0.6 is 11.6 Å². The quantitative estimate of drug-likeness (QED) is 0.862. The average Bonchev–Trinajstić information content (AvgIpc) is 2.38. The van der Waals surface area contributed by atoms with Gasteiger partial charge < -0.3 is 5.73 Å². The molecule has 0 saturated carbocycles. The number of rotatable bonds is 3. The van der Waals surface area contributed by atoms with Crippen LogP contribution in [0.1, 0.15) is 42.5 Å². The molecule has 2 N–H and O–H groups in total. The molecule has 2 aromatic carbocycles. The molecule has 0 aliphatic carbocycles. The second-order valence-electron chi connectivity index (χ2n) is 4.82. The molecule has 1 unspecified atom stereocenters. The van der Waals surface area contributed by atoms with E-state index in [-0.39, 0.29) is 6.04 Å². The van der Waals surface area contributed by atoms with Crippen molar-refractivity contribution in [2.75, 3.05) is 0 Å². The molecule has 0 bridgehead atoms. The molecule has 0 spiro atoms. The first-order valence-electron chi connectivity index (χ1n) is 6.19. The minimum Gasteiger partial charge on any atom is -0.320 e. The summed E-state index contributed by atoms with van der Waals surface area (Å²) in [7, 11) is 0. The van der Waals surface area contributed by atoms with E-state index in [4.69, 9.17) is 17.3 Å². The Hall–Kier alpha value is -1.31. The Labute approximate surface area is 114 Å². The normalized spacial score (nSPS) is 12.7. The molecule has 0 radical (unpaired) electrons. The van der Waals surface area contributed by atoms with Gasteiger partial charge in [-0.3, -0.25) is 0 Å². The summed E-state index contributed by atoms with van der Waals surface area (Å²) >= 11 is 6.17. The maximum atomic E-state index is 6.26. The van der Waals surface area contributed by atoms with Gasteiger partial charge >= 0.3 is 0 Å². The highest BCUT2D eigenvalue weighted by Crippen LogP contribution is 2.27. The molecule has 0 heterocycles. The molecule has 0 aliphatic heterocycles. The lowest BCUT2D eigenvalue weighted by Crippen LogP contribution is -2.12. The maximum absolute atomic E-state index is 6.26. The van der Waals surface area contributed by atoms with Gasteiger partial charge in [-0.2, -0.15) is 0 Å². The number of benzene rings is 2. The van der Waals surface area contributed by atoms with Crippen LogP contribution in [0.5, 0.6) is 0 Å². The number of hydrogen-bond donors (Lipinski definition) is 1. The summed E-state index contributed by atoms with van der Waals surface area (Å²) in [5.74, 6) is 0.538. The first kappa shape index (κ1) is 13.1. The molecule has 0 saturated heterocycles. The van der Waals surface area contributed by atoms with Crippen molar-refractivity contribution < 1.29 is 0 Å². The maximum Gasteiger partial charge on any atom is 0.0566 e. The average molecular weight is 260 g/mol. The van der Waals surface area contributed by atoms with E-state index in [2.05, 4.69) is 38.1 Å². The Kier molecular flexibility index (Phi) is 4.05. The Morgan fingerprint density at radius 2 is 1.44 bits per heavy atom. The minimum absolute atomic E-state index is 0.167. The van der Waals surface area contributed by atoms with E-state index >= 15 is 0 Å². The molecule has 2 aromatic rings. The third-order valence-electron chi connectivity index (χ3n) is 3.20. The number of halogens is 1. The fraction of sp³-hybridized carbons (Fsp3) is 0.250. The van der Waals surface area contributed by atoms with Gasteiger partial charge in [0.1, 0.15) is 0 Å². The van der Waals surface area contributed by atoms with Crippen molar-refractivity contribution >= 4 is 11.6 Å². The van der Waals surface area contributed by atoms with Gasteiger partial charge in [-0.15, -0.1) is 0 Å². The fourth-order valence-corrected chi connectivity index (χ4v) is 2.25. The highest BCUT2D eigenvalue weighted by atomic mass is 35.5. The molecular weight excluding hydrogens is 242 g/mol. The van der Waals surface area contributed by atoms with Crippen LogP contribution in [0.25, 0.3) is 0 Å². The molecule has 1 atom stereocenters. The summed E-state index contributed by atoms with van der Waals surface area (Å²) in [6.07, 6.45) is 0. The highest BCUT2D eigenvalue weighted by Gasteiger charge is 2.12. The molecule has 0 amide bonds. The van der Waals surface area contributed by atoms with Crippen molar-refractivity contribution in [2.24, 2.45) is 5.73 Å². The van der Waals surface area contributed by atoms with Crippen LogP contribution in [0.15, 0.2) is 48.5 Å². The minimum atomic E-state index is -0.167. The SMILES string of the molecule is CC(C)c1ccc(C(N)c2ccccc2Cl)cc1. The Balaban J connectivity index is 2.29. The Bertz CT molecular complexity index is 517. The summed E-state index contributed by atoms with van der Waals surface area (Å²) in [4.78, 5) is 0. The Morgan fingerprint density at radius 3 is 2.00 bits per heavy atom. The molecule has 0 fully saturated rings. The van der Waals surface area contributed by atoms with Crippen LogP contribution in [0.4, 0.5) is 0 Å². The van der Waals surface area contributed by atoms with Gasteiger partial charge in [-0.1, -0.05) is 67.9 Å². The van der Waals surface area contributed by atoms with Crippen LogP contribution in [0, 0.1) is 0 Å². The molecule has 0 aromatic heterocycles. The van der Waals surface area contributed by atoms with Crippen molar-refractivity contribution in [1.29, 1.82) is 0 Å². The van der Waals surface area contributed by atoms with Gasteiger partial charge in [0.2, 0.25) is 0 Å². The van der Waals surface area contributed by atoms with Crippen LogP contribution in [-0.2, 0) is 0 Å². The van der Waals surface area contributed by atoms with E-state index in [0.29, 0.717) is 5.92 Å². The second-order valence-corrected chi connectivity index (χ2v) is 5.23. The van der Waals surface area contributed by atoms with Crippen LogP contribution in [0.3, 0.4) is 0 Å². The van der Waals surface area contributed by atoms with Gasteiger partial charge in [0.15, 0.2) is 0 Å². The van der Waals surface area contributed by atoms with Gasteiger partial charge in [0, 0.05) is 5.02 Å². The third-order valence-corrected chi connectivity index (χ3v) is 3.55. The topological polar surface area (TPSA) is 26.0 Å². The predicted octanol–water partition coefficient (Wildman–Crippen LogP) is 4.51. The highest BCUT2D eigenvalue weighted by molar-refractivity contribution is 6.31. The van der Waals surface area contributed by atoms with Crippen molar-refractivity contribution in [3.05, 3.63) is 70.2 Å². The second kappa shape index (κ2) is 5.55. The predicted molar refractivity (Wildman–Crippen MR) is 78.0 cm³/mol. The van der Waals surface area contributed by atoms with E-state index in [9.17, 15) is 0 Å². The summed E-state index contributed by atoms with van der Waals surface area (Å²) in [5, 5.41) is 0.720. The zero-order valence-electron chi connectivity index (χ0n) is 10.7. The zero-order chi connectivity index (χ0) is 13.1. The zero-order valence-corrected chi connectivity index (χ0v) is 11.5. The monoisotopic (exact) mass is 259 g/mol. The number of hydrogen-bond acceptors (Lipinski definition) is 1. The van der Waals surface area contributed by atoms with E-state index < -0.39 is 0 Å². The van der Waals surface area contributed by atoms with Crippen LogP contribution in [-0.4, -0.2) is 0 Å². The van der Waals surface area contributed by atoms with E-state index in [0.717, 1.165) is 16.1 Å². The largest absolute Gasteiger partial charge is 0.320 e. The lowest BCUT2D eigenvalue weighted by atomic mass is 9.96. The van der Waals surface area contributed by atoms with E-state index in [1.54, 1.807) is 0 Å². The summed E-state index contributed by atoms with van der Waals surface area (Å²) in [6, 6.07) is 16.0. The smallest absolute Gasteiger partial charge is 0.0566 e. The summed E-state index contributed by atoms with van der Waals surface area (Å²) in [6.45, 7) is 4.37. The fourth-order valence-electron chi connectivity index (χ4n) is 2.00. The van der Waals surface area contributed by atoms with Gasteiger partial charge in [-0.25, -0.2) is 0 Å². The lowest BCUT2D eigenvalue weighted by molar-refractivity contribution is 0.847. The summed E-state index contributed by atoms with van der Waals surface area (Å²) < 4.78 is 0. The van der Waals surface area contributed by atoms with E-state index in [1.165, 1.54) is 5.56 Å². The van der Waals surface area contributed by atoms with Gasteiger partial charge in [0.25, 0.3) is 0 Å². The molecular formula is C16H18ClN. The van der Waals surface area contributed by atoms with E-state index in [1.807, 2.05) is 24.3 Å². The van der Waals surface area contributed by atoms with Crippen LogP contribution in [0.2, 0.25) is 5.02 Å². The van der Waals surface area contributed by atoms with Gasteiger partial charge in [-0.05, 0) is 28.7 Å². The van der Waals surface area contributed by atoms with Gasteiger partial charge in [0.05, 0.1) is 6.04 Å².